The summed E-state index contributed by atoms with van der Waals surface area (Å²) in [4.78, 5) is 23.2. The molecule has 0 bridgehead atoms. The quantitative estimate of drug-likeness (QED) is 0.0759. The number of hydrogen-bond donors (Lipinski definition) is 1. The van der Waals surface area contributed by atoms with Gasteiger partial charge in [0.15, 0.2) is 6.29 Å². The highest BCUT2D eigenvalue weighted by Gasteiger charge is 2.16. The Balaban J connectivity index is 0.000000355. The van der Waals surface area contributed by atoms with Crippen molar-refractivity contribution in [3.05, 3.63) is 59.7 Å². The smallest absolute Gasteiger partial charge is 0.305 e. The summed E-state index contributed by atoms with van der Waals surface area (Å²) in [6.45, 7) is 18.2. The zero-order valence-electron chi connectivity index (χ0n) is 30.6. The van der Waals surface area contributed by atoms with Crippen molar-refractivity contribution in [2.24, 2.45) is 0 Å². The van der Waals surface area contributed by atoms with Crippen LogP contribution >= 0.6 is 0 Å². The van der Waals surface area contributed by atoms with Crippen LogP contribution in [-0.2, 0) is 46.5 Å². The third-order valence-electron chi connectivity index (χ3n) is 7.30. The Morgan fingerprint density at radius 1 is 0.673 bits per heavy atom. The molecule has 2 aromatic carbocycles. The van der Waals surface area contributed by atoms with E-state index in [-0.39, 0.29) is 24.8 Å². The number of aliphatic hydroxyl groups is 1. The maximum atomic E-state index is 11.7. The Labute approximate surface area is 295 Å². The van der Waals surface area contributed by atoms with Gasteiger partial charge in [-0.1, -0.05) is 63.5 Å². The summed E-state index contributed by atoms with van der Waals surface area (Å²) < 4.78 is 38.1. The van der Waals surface area contributed by atoms with E-state index in [4.69, 9.17) is 38.3 Å². The van der Waals surface area contributed by atoms with E-state index in [9.17, 15) is 9.59 Å². The first-order valence-electron chi connectivity index (χ1n) is 17.5. The van der Waals surface area contributed by atoms with Crippen LogP contribution in [0.25, 0.3) is 0 Å². The minimum Gasteiger partial charge on any atom is -0.494 e. The molecular formula is C37H60O10Si2. The second kappa shape index (κ2) is 23.6. The lowest BCUT2D eigenvalue weighted by atomic mass is 10.2. The fraction of sp³-hybridized carbons (Fsp3) is 0.622. The first-order chi connectivity index (χ1) is 23.3. The molecule has 0 unspecified atom stereocenters. The molecule has 1 N–H and O–H groups in total. The summed E-state index contributed by atoms with van der Waals surface area (Å²) in [7, 11) is -2.28. The fourth-order valence-electron chi connectivity index (χ4n) is 4.22. The van der Waals surface area contributed by atoms with E-state index >= 15 is 0 Å². The van der Waals surface area contributed by atoms with Gasteiger partial charge < -0.3 is 38.3 Å². The third-order valence-corrected chi connectivity index (χ3v) is 10.7. The van der Waals surface area contributed by atoms with Gasteiger partial charge in [0.2, 0.25) is 0 Å². The molecule has 276 valence electrons. The van der Waals surface area contributed by atoms with E-state index in [1.807, 2.05) is 48.5 Å². The molecule has 12 heteroatoms. The van der Waals surface area contributed by atoms with Crippen molar-refractivity contribution in [3.63, 3.8) is 0 Å². The predicted molar refractivity (Wildman–Crippen MR) is 196 cm³/mol. The van der Waals surface area contributed by atoms with E-state index < -0.39 is 16.1 Å². The molecule has 1 fully saturated rings. The molecule has 0 saturated carbocycles. The number of esters is 2. The van der Waals surface area contributed by atoms with Crippen LogP contribution in [-0.4, -0.2) is 85.7 Å². The van der Waals surface area contributed by atoms with Gasteiger partial charge in [0.05, 0.1) is 59.5 Å². The minimum absolute atomic E-state index is 0.0313. The van der Waals surface area contributed by atoms with Crippen molar-refractivity contribution in [1.82, 2.24) is 0 Å². The number of aliphatic hydroxyl groups excluding tert-OH is 1. The lowest BCUT2D eigenvalue weighted by molar-refractivity contribution is -0.144. The average molecular weight is 721 g/mol. The molecule has 10 nitrogen and oxygen atoms in total. The lowest BCUT2D eigenvalue weighted by Crippen LogP contribution is -2.22. The van der Waals surface area contributed by atoms with E-state index in [0.29, 0.717) is 78.5 Å². The molecule has 0 radical (unpaired) electrons. The summed E-state index contributed by atoms with van der Waals surface area (Å²) >= 11 is 0. The maximum Gasteiger partial charge on any atom is 0.305 e. The van der Waals surface area contributed by atoms with Crippen LogP contribution in [0.1, 0.15) is 43.2 Å². The highest BCUT2D eigenvalue weighted by Crippen LogP contribution is 2.16. The normalized spacial score (nSPS) is 13.4. The van der Waals surface area contributed by atoms with Gasteiger partial charge in [-0.15, -0.1) is 0 Å². The van der Waals surface area contributed by atoms with Gasteiger partial charge in [-0.05, 0) is 60.3 Å². The molecule has 0 atom stereocenters. The van der Waals surface area contributed by atoms with Gasteiger partial charge >= 0.3 is 11.9 Å². The van der Waals surface area contributed by atoms with E-state index in [1.54, 1.807) is 0 Å². The Kier molecular flexibility index (Phi) is 20.4. The Hall–Kier alpha value is -2.75. The van der Waals surface area contributed by atoms with Crippen molar-refractivity contribution in [2.75, 3.05) is 46.2 Å². The number of carbonyl (C=O) groups excluding carboxylic acids is 2. The fourth-order valence-corrected chi connectivity index (χ4v) is 5.64. The minimum atomic E-state index is -1.15. The SMILES string of the molecule is C[Si](C)(C)CCOC(=O)CCCOc1ccc(CO)cc1.C[Si](C)(C)CCOC(=O)CCCOc1ccc(COCCC2OCCO2)cc1. The standard InChI is InChI=1S/C21H34O6Si.C16H26O4Si/c1-28(2,3)16-15-25-20(22)5-4-11-24-19-8-6-18(7-9-19)17-23-12-10-21-26-13-14-27-21;1-21(2,3)12-11-20-16(18)5-4-10-19-15-8-6-14(13-17)7-9-15/h6-9,21H,4-5,10-17H2,1-3H3;6-9,17H,4-5,10-13H2,1-3H3. The highest BCUT2D eigenvalue weighted by molar-refractivity contribution is 6.76. The summed E-state index contributed by atoms with van der Waals surface area (Å²) in [6, 6.07) is 17.1. The lowest BCUT2D eigenvalue weighted by Gasteiger charge is -2.15. The topological polar surface area (TPSA) is 119 Å². The molecule has 0 spiro atoms. The van der Waals surface area contributed by atoms with Crippen molar-refractivity contribution < 1.29 is 47.9 Å². The number of rotatable bonds is 22. The van der Waals surface area contributed by atoms with Gasteiger partial charge in [0.1, 0.15) is 11.5 Å². The van der Waals surface area contributed by atoms with Crippen molar-refractivity contribution in [1.29, 1.82) is 0 Å². The molecule has 3 rings (SSSR count). The van der Waals surface area contributed by atoms with Crippen LogP contribution in [0.2, 0.25) is 51.4 Å². The van der Waals surface area contributed by atoms with Crippen LogP contribution in [0.5, 0.6) is 11.5 Å². The van der Waals surface area contributed by atoms with Crippen molar-refractivity contribution >= 4 is 28.1 Å². The van der Waals surface area contributed by atoms with E-state index in [2.05, 4.69) is 39.3 Å². The Bertz CT molecular complexity index is 1170. The van der Waals surface area contributed by atoms with Gasteiger partial charge in [-0.2, -0.15) is 0 Å². The molecule has 1 aliphatic rings. The van der Waals surface area contributed by atoms with E-state index in [0.717, 1.165) is 41.1 Å². The van der Waals surface area contributed by atoms with E-state index in [1.165, 1.54) is 0 Å². The molecule has 0 aromatic heterocycles. The van der Waals surface area contributed by atoms with Gasteiger partial charge in [0, 0.05) is 35.4 Å². The third kappa shape index (κ3) is 22.6. The maximum absolute atomic E-state index is 11.7. The van der Waals surface area contributed by atoms with Crippen molar-refractivity contribution in [3.8, 4) is 11.5 Å². The zero-order valence-corrected chi connectivity index (χ0v) is 32.6. The predicted octanol–water partition coefficient (Wildman–Crippen LogP) is 7.23. The number of benzene rings is 2. The summed E-state index contributed by atoms with van der Waals surface area (Å²) in [5.74, 6) is 1.26. The number of carbonyl (C=O) groups is 2. The first-order valence-corrected chi connectivity index (χ1v) is 24.9. The molecule has 1 aliphatic heterocycles. The Morgan fingerprint density at radius 2 is 1.12 bits per heavy atom. The number of hydrogen-bond acceptors (Lipinski definition) is 10. The van der Waals surface area contributed by atoms with Crippen LogP contribution in [0.3, 0.4) is 0 Å². The Morgan fingerprint density at radius 3 is 1.55 bits per heavy atom. The van der Waals surface area contributed by atoms with Crippen LogP contribution in [0.4, 0.5) is 0 Å². The highest BCUT2D eigenvalue weighted by atomic mass is 28.3. The molecule has 1 saturated heterocycles. The number of ether oxygens (including phenoxy) is 7. The van der Waals surface area contributed by atoms with Gasteiger partial charge in [0.25, 0.3) is 0 Å². The summed E-state index contributed by atoms with van der Waals surface area (Å²) in [5, 5.41) is 8.94. The molecule has 0 amide bonds. The monoisotopic (exact) mass is 720 g/mol. The first kappa shape index (κ1) is 42.4. The zero-order chi connectivity index (χ0) is 36.0. The molecule has 1 heterocycles. The van der Waals surface area contributed by atoms with Crippen molar-refractivity contribution in [2.45, 2.75) is 103 Å². The van der Waals surface area contributed by atoms with Crippen LogP contribution < -0.4 is 9.47 Å². The molecule has 0 aliphatic carbocycles. The van der Waals surface area contributed by atoms with Gasteiger partial charge in [-0.3, -0.25) is 9.59 Å². The van der Waals surface area contributed by atoms with Gasteiger partial charge in [-0.25, -0.2) is 0 Å². The molecule has 49 heavy (non-hydrogen) atoms. The largest absolute Gasteiger partial charge is 0.494 e. The summed E-state index contributed by atoms with van der Waals surface area (Å²) in [5.41, 5.74) is 1.94. The second-order valence-corrected chi connectivity index (χ2v) is 25.7. The molecular weight excluding hydrogens is 661 g/mol. The second-order valence-electron chi connectivity index (χ2n) is 14.4. The summed E-state index contributed by atoms with van der Waals surface area (Å²) in [6.07, 6.45) is 2.72. The average Bonchev–Trinajstić information content (AvgIpc) is 3.57. The van der Waals surface area contributed by atoms with Crippen LogP contribution in [0, 0.1) is 0 Å². The van der Waals surface area contributed by atoms with Crippen LogP contribution in [0.15, 0.2) is 48.5 Å². The molecule has 2 aromatic rings.